The first-order valence-electron chi connectivity index (χ1n) is 6.75. The molecule has 1 heterocycles. The Kier molecular flexibility index (Phi) is 5.17. The van der Waals surface area contributed by atoms with Gasteiger partial charge in [-0.1, -0.05) is 18.2 Å². The molecule has 20 heavy (non-hydrogen) atoms. The number of hydrogen-bond donors (Lipinski definition) is 1. The molecule has 0 fully saturated rings. The van der Waals surface area contributed by atoms with Crippen LogP contribution in [0.15, 0.2) is 35.7 Å². The molecule has 2 rings (SSSR count). The van der Waals surface area contributed by atoms with E-state index in [1.807, 2.05) is 0 Å². The second-order valence-corrected chi connectivity index (χ2v) is 5.94. The number of rotatable bonds is 6. The van der Waals surface area contributed by atoms with Crippen LogP contribution in [0.3, 0.4) is 0 Å². The fourth-order valence-corrected chi connectivity index (χ4v) is 3.08. The molecule has 0 saturated heterocycles. The van der Waals surface area contributed by atoms with E-state index in [9.17, 15) is 0 Å². The van der Waals surface area contributed by atoms with E-state index in [4.69, 9.17) is 10.5 Å². The lowest BCUT2D eigenvalue weighted by Crippen LogP contribution is -2.21. The zero-order chi connectivity index (χ0) is 14.5. The van der Waals surface area contributed by atoms with Crippen molar-refractivity contribution in [3.63, 3.8) is 0 Å². The molecular weight excluding hydrogens is 268 g/mol. The Balaban J connectivity index is 2.09. The molecule has 0 saturated carbocycles. The first-order valence-corrected chi connectivity index (χ1v) is 7.63. The van der Waals surface area contributed by atoms with Crippen molar-refractivity contribution in [2.24, 2.45) is 5.73 Å². The lowest BCUT2D eigenvalue weighted by atomic mass is 10.1. The van der Waals surface area contributed by atoms with Crippen LogP contribution in [0.5, 0.6) is 5.75 Å². The zero-order valence-corrected chi connectivity index (χ0v) is 13.1. The molecule has 1 unspecified atom stereocenters. The van der Waals surface area contributed by atoms with Crippen molar-refractivity contribution in [1.82, 2.24) is 4.90 Å². The summed E-state index contributed by atoms with van der Waals surface area (Å²) in [5, 5.41) is 2.12. The molecule has 4 heteroatoms. The summed E-state index contributed by atoms with van der Waals surface area (Å²) in [6.45, 7) is 3.63. The van der Waals surface area contributed by atoms with Gasteiger partial charge in [-0.15, -0.1) is 11.3 Å². The summed E-state index contributed by atoms with van der Waals surface area (Å²) >= 11 is 1.80. The predicted molar refractivity (Wildman–Crippen MR) is 85.1 cm³/mol. The van der Waals surface area contributed by atoms with Crippen LogP contribution in [0.2, 0.25) is 0 Å². The molecule has 0 aliphatic carbocycles. The van der Waals surface area contributed by atoms with Gasteiger partial charge in [-0.05, 0) is 37.0 Å². The first-order chi connectivity index (χ1) is 9.65. The van der Waals surface area contributed by atoms with Gasteiger partial charge in [0, 0.05) is 29.6 Å². The molecule has 0 spiro atoms. The van der Waals surface area contributed by atoms with E-state index < -0.39 is 0 Å². The van der Waals surface area contributed by atoms with E-state index >= 15 is 0 Å². The highest BCUT2D eigenvalue weighted by molar-refractivity contribution is 7.10. The standard InChI is InChI=1S/C16H22N2OS/c1-12(16-5-4-8-20-16)18(2)11-13-6-7-14(10-17)15(9-13)19-3/h4-9,12H,10-11,17H2,1-3H3. The van der Waals surface area contributed by atoms with Gasteiger partial charge in [-0.25, -0.2) is 0 Å². The lowest BCUT2D eigenvalue weighted by molar-refractivity contribution is 0.256. The van der Waals surface area contributed by atoms with Crippen molar-refractivity contribution in [3.8, 4) is 5.75 Å². The summed E-state index contributed by atoms with van der Waals surface area (Å²) < 4.78 is 5.39. The van der Waals surface area contributed by atoms with Crippen LogP contribution in [-0.4, -0.2) is 19.1 Å². The Hall–Kier alpha value is -1.36. The number of benzene rings is 1. The van der Waals surface area contributed by atoms with Gasteiger partial charge >= 0.3 is 0 Å². The highest BCUT2D eigenvalue weighted by atomic mass is 32.1. The summed E-state index contributed by atoms with van der Waals surface area (Å²) in [7, 11) is 3.84. The molecule has 2 N–H and O–H groups in total. The molecule has 0 bridgehead atoms. The number of nitrogens with two attached hydrogens (primary N) is 1. The van der Waals surface area contributed by atoms with Gasteiger partial charge in [0.15, 0.2) is 0 Å². The number of ether oxygens (including phenoxy) is 1. The summed E-state index contributed by atoms with van der Waals surface area (Å²) in [6, 6.07) is 11.0. The highest BCUT2D eigenvalue weighted by Gasteiger charge is 2.13. The average molecular weight is 290 g/mol. The summed E-state index contributed by atoms with van der Waals surface area (Å²) in [6.07, 6.45) is 0. The molecule has 3 nitrogen and oxygen atoms in total. The molecular formula is C16H22N2OS. The Morgan fingerprint density at radius 1 is 1.35 bits per heavy atom. The molecule has 0 amide bonds. The molecule has 2 aromatic rings. The number of hydrogen-bond acceptors (Lipinski definition) is 4. The van der Waals surface area contributed by atoms with E-state index in [0.717, 1.165) is 17.9 Å². The minimum Gasteiger partial charge on any atom is -0.496 e. The van der Waals surface area contributed by atoms with Crippen molar-refractivity contribution in [3.05, 3.63) is 51.7 Å². The van der Waals surface area contributed by atoms with Crippen LogP contribution in [0.1, 0.15) is 29.0 Å². The summed E-state index contributed by atoms with van der Waals surface area (Å²) in [4.78, 5) is 3.72. The van der Waals surface area contributed by atoms with Crippen molar-refractivity contribution in [2.75, 3.05) is 14.2 Å². The molecule has 1 aromatic heterocycles. The van der Waals surface area contributed by atoms with E-state index in [-0.39, 0.29) is 0 Å². The van der Waals surface area contributed by atoms with E-state index in [0.29, 0.717) is 12.6 Å². The third-order valence-electron chi connectivity index (χ3n) is 3.62. The van der Waals surface area contributed by atoms with Gasteiger partial charge in [0.2, 0.25) is 0 Å². The smallest absolute Gasteiger partial charge is 0.123 e. The second kappa shape index (κ2) is 6.88. The van der Waals surface area contributed by atoms with Crippen LogP contribution in [0, 0.1) is 0 Å². The van der Waals surface area contributed by atoms with Crippen LogP contribution >= 0.6 is 11.3 Å². The minimum absolute atomic E-state index is 0.412. The molecule has 0 radical (unpaired) electrons. The van der Waals surface area contributed by atoms with Gasteiger partial charge in [0.25, 0.3) is 0 Å². The van der Waals surface area contributed by atoms with E-state index in [2.05, 4.69) is 54.6 Å². The van der Waals surface area contributed by atoms with E-state index in [1.165, 1.54) is 10.4 Å². The van der Waals surface area contributed by atoms with Crippen LogP contribution in [0.4, 0.5) is 0 Å². The first kappa shape index (κ1) is 15.0. The summed E-state index contributed by atoms with van der Waals surface area (Å²) in [5.41, 5.74) is 7.99. The molecule has 108 valence electrons. The van der Waals surface area contributed by atoms with Crippen molar-refractivity contribution in [2.45, 2.75) is 26.1 Å². The Bertz CT molecular complexity index is 539. The Labute approximate surface area is 125 Å². The lowest BCUT2D eigenvalue weighted by Gasteiger charge is -2.24. The predicted octanol–water partition coefficient (Wildman–Crippen LogP) is 3.41. The molecule has 1 aromatic carbocycles. The van der Waals surface area contributed by atoms with Crippen LogP contribution < -0.4 is 10.5 Å². The molecule has 1 atom stereocenters. The van der Waals surface area contributed by atoms with Crippen molar-refractivity contribution >= 4 is 11.3 Å². The Morgan fingerprint density at radius 3 is 2.75 bits per heavy atom. The van der Waals surface area contributed by atoms with Gasteiger partial charge in [0.1, 0.15) is 5.75 Å². The Morgan fingerprint density at radius 2 is 2.15 bits per heavy atom. The maximum atomic E-state index is 5.70. The highest BCUT2D eigenvalue weighted by Crippen LogP contribution is 2.26. The number of thiophene rings is 1. The topological polar surface area (TPSA) is 38.5 Å². The van der Waals surface area contributed by atoms with Crippen molar-refractivity contribution in [1.29, 1.82) is 0 Å². The van der Waals surface area contributed by atoms with Crippen LogP contribution in [-0.2, 0) is 13.1 Å². The SMILES string of the molecule is COc1cc(CN(C)C(C)c2cccs2)ccc1CN. The maximum absolute atomic E-state index is 5.70. The molecule has 0 aliphatic heterocycles. The fraction of sp³-hybridized carbons (Fsp3) is 0.375. The minimum atomic E-state index is 0.412. The maximum Gasteiger partial charge on any atom is 0.123 e. The quantitative estimate of drug-likeness (QED) is 0.886. The van der Waals surface area contributed by atoms with Crippen molar-refractivity contribution < 1.29 is 4.74 Å². The third kappa shape index (κ3) is 3.39. The number of nitrogens with zero attached hydrogens (tertiary/aromatic N) is 1. The normalized spacial score (nSPS) is 12.7. The zero-order valence-electron chi connectivity index (χ0n) is 12.3. The van der Waals surface area contributed by atoms with Gasteiger partial charge in [-0.3, -0.25) is 4.90 Å². The number of methoxy groups -OCH3 is 1. The second-order valence-electron chi connectivity index (χ2n) is 4.96. The van der Waals surface area contributed by atoms with E-state index in [1.54, 1.807) is 18.4 Å². The largest absolute Gasteiger partial charge is 0.496 e. The van der Waals surface area contributed by atoms with Crippen LogP contribution in [0.25, 0.3) is 0 Å². The monoisotopic (exact) mass is 290 g/mol. The molecule has 0 aliphatic rings. The third-order valence-corrected chi connectivity index (χ3v) is 4.66. The van der Waals surface area contributed by atoms with Gasteiger partial charge in [0.05, 0.1) is 7.11 Å². The average Bonchev–Trinajstić information content (AvgIpc) is 3.00. The van der Waals surface area contributed by atoms with Gasteiger partial charge < -0.3 is 10.5 Å². The fourth-order valence-electron chi connectivity index (χ4n) is 2.23. The van der Waals surface area contributed by atoms with Gasteiger partial charge in [-0.2, -0.15) is 0 Å². The summed E-state index contributed by atoms with van der Waals surface area (Å²) in [5.74, 6) is 0.877.